The minimum Gasteiger partial charge on any atom is -0.489 e. The lowest BCUT2D eigenvalue weighted by Crippen LogP contribution is -2.45. The molecule has 0 aliphatic heterocycles. The molecular weight excluding hydrogens is 394 g/mol. The van der Waals surface area contributed by atoms with E-state index in [4.69, 9.17) is 9.47 Å². The number of nitrogens with one attached hydrogen (secondary N) is 1. The molecule has 0 fully saturated rings. The van der Waals surface area contributed by atoms with Gasteiger partial charge in [-0.2, -0.15) is 0 Å². The molecule has 3 aromatic rings. The minimum atomic E-state index is -1.37. The number of benzene rings is 3. The van der Waals surface area contributed by atoms with Crippen LogP contribution < -0.4 is 10.1 Å². The lowest BCUT2D eigenvalue weighted by molar-refractivity contribution is -0.146. The fraction of sp³-hybridized carbons (Fsp3) is 0.200. The maximum atomic E-state index is 12.4. The molecule has 0 saturated carbocycles. The standard InChI is InChI=1S/C25H25NO5/c1-30-25(29)22(26-24(28)23(27)20-10-6-3-7-11-20)16-18-12-14-21(15-13-18)31-17-19-8-4-2-5-9-19/h2-15,22-23,27H,16-17H2,1H3,(H,26,28)/t22-,23+/m1/s1. The van der Waals surface area contributed by atoms with E-state index < -0.39 is 24.0 Å². The first-order chi connectivity index (χ1) is 15.1. The van der Waals surface area contributed by atoms with Crippen molar-refractivity contribution in [2.75, 3.05) is 7.11 Å². The molecule has 0 unspecified atom stereocenters. The number of hydrogen-bond donors (Lipinski definition) is 2. The van der Waals surface area contributed by atoms with E-state index in [1.165, 1.54) is 7.11 Å². The molecule has 0 aliphatic carbocycles. The third kappa shape index (κ3) is 6.42. The number of carbonyl (C=O) groups excluding carboxylic acids is 2. The van der Waals surface area contributed by atoms with Gasteiger partial charge < -0.3 is 19.9 Å². The van der Waals surface area contributed by atoms with Crippen LogP contribution in [-0.4, -0.2) is 30.1 Å². The van der Waals surface area contributed by atoms with Gasteiger partial charge in [0.25, 0.3) is 5.91 Å². The molecule has 3 rings (SSSR count). The summed E-state index contributed by atoms with van der Waals surface area (Å²) >= 11 is 0. The van der Waals surface area contributed by atoms with Crippen LogP contribution in [0.1, 0.15) is 22.8 Å². The van der Waals surface area contributed by atoms with Crippen molar-refractivity contribution in [2.45, 2.75) is 25.2 Å². The second kappa shape index (κ2) is 10.9. The monoisotopic (exact) mass is 419 g/mol. The fourth-order valence-corrected chi connectivity index (χ4v) is 3.07. The van der Waals surface area contributed by atoms with Crippen LogP contribution in [0.15, 0.2) is 84.9 Å². The first-order valence-electron chi connectivity index (χ1n) is 9.93. The summed E-state index contributed by atoms with van der Waals surface area (Å²) in [7, 11) is 1.26. The SMILES string of the molecule is COC(=O)[C@@H](Cc1ccc(OCc2ccccc2)cc1)NC(=O)[C@@H](O)c1ccccc1. The van der Waals surface area contributed by atoms with Crippen molar-refractivity contribution in [3.8, 4) is 5.75 Å². The van der Waals surface area contributed by atoms with Crippen LogP contribution in [0.25, 0.3) is 0 Å². The van der Waals surface area contributed by atoms with Crippen molar-refractivity contribution in [1.29, 1.82) is 0 Å². The highest BCUT2D eigenvalue weighted by molar-refractivity contribution is 5.87. The first-order valence-corrected chi connectivity index (χ1v) is 9.93. The average Bonchev–Trinajstić information content (AvgIpc) is 2.83. The van der Waals surface area contributed by atoms with Crippen LogP contribution in [0.5, 0.6) is 5.75 Å². The van der Waals surface area contributed by atoms with Crippen LogP contribution in [0.3, 0.4) is 0 Å². The number of ether oxygens (including phenoxy) is 2. The third-order valence-electron chi connectivity index (χ3n) is 4.78. The van der Waals surface area contributed by atoms with Gasteiger partial charge in [0.15, 0.2) is 6.10 Å². The Morgan fingerprint density at radius 1 is 0.871 bits per heavy atom. The van der Waals surface area contributed by atoms with Crippen molar-refractivity contribution in [3.05, 3.63) is 102 Å². The number of carbonyl (C=O) groups is 2. The summed E-state index contributed by atoms with van der Waals surface area (Å²) in [5.74, 6) is -0.548. The highest BCUT2D eigenvalue weighted by atomic mass is 16.5. The molecule has 6 nitrogen and oxygen atoms in total. The maximum Gasteiger partial charge on any atom is 0.328 e. The smallest absolute Gasteiger partial charge is 0.328 e. The van der Waals surface area contributed by atoms with Gasteiger partial charge in [-0.05, 0) is 28.8 Å². The Morgan fingerprint density at radius 2 is 1.48 bits per heavy atom. The molecule has 3 aromatic carbocycles. The minimum absolute atomic E-state index is 0.221. The van der Waals surface area contributed by atoms with Crippen LogP contribution in [0, 0.1) is 0 Å². The highest BCUT2D eigenvalue weighted by Gasteiger charge is 2.26. The molecule has 0 aliphatic rings. The van der Waals surface area contributed by atoms with Crippen LogP contribution in [-0.2, 0) is 27.4 Å². The predicted octanol–water partition coefficient (Wildman–Crippen LogP) is 3.20. The fourth-order valence-electron chi connectivity index (χ4n) is 3.07. The Labute approximate surface area is 181 Å². The summed E-state index contributed by atoms with van der Waals surface area (Å²) in [6, 6.07) is 24.7. The molecule has 1 amide bonds. The van der Waals surface area contributed by atoms with E-state index in [-0.39, 0.29) is 6.42 Å². The van der Waals surface area contributed by atoms with Crippen molar-refractivity contribution >= 4 is 11.9 Å². The van der Waals surface area contributed by atoms with Gasteiger partial charge in [-0.1, -0.05) is 72.8 Å². The third-order valence-corrected chi connectivity index (χ3v) is 4.78. The first kappa shape index (κ1) is 22.1. The van der Waals surface area contributed by atoms with E-state index >= 15 is 0 Å². The van der Waals surface area contributed by atoms with Crippen molar-refractivity contribution in [1.82, 2.24) is 5.32 Å². The zero-order chi connectivity index (χ0) is 22.1. The van der Waals surface area contributed by atoms with Gasteiger partial charge in [-0.3, -0.25) is 4.79 Å². The lowest BCUT2D eigenvalue weighted by atomic mass is 10.0. The number of hydrogen-bond acceptors (Lipinski definition) is 5. The number of amides is 1. The Hall–Kier alpha value is -3.64. The average molecular weight is 419 g/mol. The van der Waals surface area contributed by atoms with Gasteiger partial charge >= 0.3 is 5.97 Å². The molecule has 0 bridgehead atoms. The number of methoxy groups -OCH3 is 1. The summed E-state index contributed by atoms with van der Waals surface area (Å²) in [4.78, 5) is 24.6. The molecule has 31 heavy (non-hydrogen) atoms. The molecule has 2 atom stereocenters. The summed E-state index contributed by atoms with van der Waals surface area (Å²) in [5, 5.41) is 12.8. The van der Waals surface area contributed by atoms with E-state index in [0.29, 0.717) is 17.9 Å². The molecule has 6 heteroatoms. The molecular formula is C25H25NO5. The molecule has 0 saturated heterocycles. The largest absolute Gasteiger partial charge is 0.489 e. The van der Waals surface area contributed by atoms with Gasteiger partial charge in [0.2, 0.25) is 0 Å². The molecule has 0 radical (unpaired) electrons. The van der Waals surface area contributed by atoms with E-state index in [1.54, 1.807) is 30.3 Å². The van der Waals surface area contributed by atoms with Crippen molar-refractivity contribution in [2.24, 2.45) is 0 Å². The van der Waals surface area contributed by atoms with Crippen molar-refractivity contribution < 1.29 is 24.2 Å². The van der Waals surface area contributed by atoms with Gasteiger partial charge in [-0.25, -0.2) is 4.79 Å². The second-order valence-corrected chi connectivity index (χ2v) is 7.02. The molecule has 0 heterocycles. The highest BCUT2D eigenvalue weighted by Crippen LogP contribution is 2.17. The van der Waals surface area contributed by atoms with Crippen LogP contribution in [0.2, 0.25) is 0 Å². The normalized spacial score (nSPS) is 12.5. The quantitative estimate of drug-likeness (QED) is 0.521. The van der Waals surface area contributed by atoms with Gasteiger partial charge in [0, 0.05) is 6.42 Å². The van der Waals surface area contributed by atoms with Crippen LogP contribution >= 0.6 is 0 Å². The summed E-state index contributed by atoms with van der Waals surface area (Å²) in [6.07, 6.45) is -1.15. The van der Waals surface area contributed by atoms with Gasteiger partial charge in [-0.15, -0.1) is 0 Å². The number of esters is 1. The Balaban J connectivity index is 1.61. The summed E-state index contributed by atoms with van der Waals surface area (Å²) < 4.78 is 10.6. The number of aliphatic hydroxyl groups is 1. The Morgan fingerprint density at radius 3 is 2.10 bits per heavy atom. The van der Waals surface area contributed by atoms with Gasteiger partial charge in [0.1, 0.15) is 18.4 Å². The predicted molar refractivity (Wildman–Crippen MR) is 116 cm³/mol. The van der Waals surface area contributed by atoms with E-state index in [0.717, 1.165) is 11.1 Å². The zero-order valence-corrected chi connectivity index (χ0v) is 17.2. The number of aliphatic hydroxyl groups excluding tert-OH is 1. The second-order valence-electron chi connectivity index (χ2n) is 7.02. The van der Waals surface area contributed by atoms with Crippen molar-refractivity contribution in [3.63, 3.8) is 0 Å². The Kier molecular flexibility index (Phi) is 7.79. The zero-order valence-electron chi connectivity index (χ0n) is 17.2. The number of rotatable bonds is 9. The van der Waals surface area contributed by atoms with E-state index in [1.807, 2.05) is 54.6 Å². The molecule has 160 valence electrons. The maximum absolute atomic E-state index is 12.4. The topological polar surface area (TPSA) is 84.9 Å². The van der Waals surface area contributed by atoms with Crippen LogP contribution in [0.4, 0.5) is 0 Å². The summed E-state index contributed by atoms with van der Waals surface area (Å²) in [5.41, 5.74) is 2.33. The lowest BCUT2D eigenvalue weighted by Gasteiger charge is -2.19. The summed E-state index contributed by atoms with van der Waals surface area (Å²) in [6.45, 7) is 0.457. The molecule has 0 spiro atoms. The van der Waals surface area contributed by atoms with Gasteiger partial charge in [0.05, 0.1) is 7.11 Å². The van der Waals surface area contributed by atoms with E-state index in [9.17, 15) is 14.7 Å². The molecule has 0 aromatic heterocycles. The molecule has 2 N–H and O–H groups in total. The van der Waals surface area contributed by atoms with E-state index in [2.05, 4.69) is 5.32 Å². The Bertz CT molecular complexity index is 974.